The molecule has 1 aliphatic heterocycles. The van der Waals surface area contributed by atoms with Crippen LogP contribution in [0.15, 0.2) is 18.2 Å². The normalized spacial score (nSPS) is 16.4. The highest BCUT2D eigenvalue weighted by molar-refractivity contribution is 5.87. The number of nitrogens with zero attached hydrogens (tertiary/aromatic N) is 2. The van der Waals surface area contributed by atoms with Gasteiger partial charge < -0.3 is 10.1 Å². The largest absolute Gasteiger partial charge is 0.452 e. The number of rotatable bonds is 3. The van der Waals surface area contributed by atoms with Gasteiger partial charge in [-0.15, -0.1) is 0 Å². The fourth-order valence-electron chi connectivity index (χ4n) is 2.89. The maximum Gasteiger partial charge on any atom is 0.415 e. The van der Waals surface area contributed by atoms with Gasteiger partial charge in [-0.1, -0.05) is 6.07 Å². The number of ether oxygens (including phenoxy) is 1. The number of hydrogen-bond acceptors (Lipinski definition) is 4. The molecule has 1 fully saturated rings. The lowest BCUT2D eigenvalue weighted by atomic mass is 9.93. The van der Waals surface area contributed by atoms with Crippen molar-refractivity contribution in [3.8, 4) is 0 Å². The fraction of sp³-hybridized carbons (Fsp3) is 0.647. The monoisotopic (exact) mass is 305 g/mol. The van der Waals surface area contributed by atoms with Crippen LogP contribution in [0.4, 0.5) is 10.6 Å². The van der Waals surface area contributed by atoms with E-state index in [9.17, 15) is 4.79 Å². The summed E-state index contributed by atoms with van der Waals surface area (Å²) in [5.41, 5.74) is 0.663. The molecule has 122 valence electrons. The third-order valence-corrected chi connectivity index (χ3v) is 4.01. The van der Waals surface area contributed by atoms with Crippen LogP contribution in [-0.4, -0.2) is 36.8 Å². The average molecular weight is 305 g/mol. The molecule has 0 spiro atoms. The molecule has 0 bridgehead atoms. The number of aromatic nitrogens is 1. The lowest BCUT2D eigenvalue weighted by molar-refractivity contribution is 0.172. The summed E-state index contributed by atoms with van der Waals surface area (Å²) in [6.45, 7) is 8.10. The van der Waals surface area contributed by atoms with Crippen LogP contribution < -0.4 is 10.2 Å². The Hall–Kier alpha value is -1.62. The Morgan fingerprint density at radius 1 is 1.36 bits per heavy atom. The molecule has 1 N–H and O–H groups in total. The van der Waals surface area contributed by atoms with Gasteiger partial charge in [0.2, 0.25) is 0 Å². The lowest BCUT2D eigenvalue weighted by Crippen LogP contribution is -2.46. The Balaban J connectivity index is 2.19. The summed E-state index contributed by atoms with van der Waals surface area (Å²) in [7, 11) is 1.40. The number of piperidine rings is 1. The molecule has 2 rings (SSSR count). The molecule has 1 aromatic rings. The fourth-order valence-corrected chi connectivity index (χ4v) is 2.89. The maximum atomic E-state index is 12.1. The van der Waals surface area contributed by atoms with Crippen molar-refractivity contribution < 1.29 is 9.53 Å². The summed E-state index contributed by atoms with van der Waals surface area (Å²) in [6, 6.07) is 5.89. The number of carbonyl (C=O) groups is 1. The molecule has 22 heavy (non-hydrogen) atoms. The first-order valence-electron chi connectivity index (χ1n) is 7.96. The van der Waals surface area contributed by atoms with E-state index in [2.05, 4.69) is 5.32 Å². The second-order valence-electron chi connectivity index (χ2n) is 6.86. The second kappa shape index (κ2) is 7.09. The second-order valence-corrected chi connectivity index (χ2v) is 6.86. The van der Waals surface area contributed by atoms with E-state index in [-0.39, 0.29) is 11.6 Å². The molecular weight excluding hydrogens is 278 g/mol. The molecule has 0 radical (unpaired) electrons. The van der Waals surface area contributed by atoms with Crippen LogP contribution in [0.2, 0.25) is 0 Å². The smallest absolute Gasteiger partial charge is 0.415 e. The summed E-state index contributed by atoms with van der Waals surface area (Å²) in [4.78, 5) is 18.4. The van der Waals surface area contributed by atoms with Gasteiger partial charge in [0.1, 0.15) is 5.82 Å². The number of anilines is 1. The molecule has 1 saturated heterocycles. The summed E-state index contributed by atoms with van der Waals surface area (Å²) in [5, 5.41) is 3.38. The van der Waals surface area contributed by atoms with Gasteiger partial charge in [0, 0.05) is 11.2 Å². The van der Waals surface area contributed by atoms with Crippen molar-refractivity contribution in [3.05, 3.63) is 23.9 Å². The van der Waals surface area contributed by atoms with E-state index < -0.39 is 0 Å². The zero-order chi connectivity index (χ0) is 16.2. The topological polar surface area (TPSA) is 54.5 Å². The Kier molecular flexibility index (Phi) is 5.40. The zero-order valence-corrected chi connectivity index (χ0v) is 14.1. The molecule has 5 heteroatoms. The Morgan fingerprint density at radius 3 is 2.64 bits per heavy atom. The van der Waals surface area contributed by atoms with Gasteiger partial charge in [0.25, 0.3) is 0 Å². The molecule has 0 aliphatic carbocycles. The first-order chi connectivity index (χ1) is 10.4. The molecule has 0 unspecified atom stereocenters. The molecule has 5 nitrogen and oxygen atoms in total. The predicted octanol–water partition coefficient (Wildman–Crippen LogP) is 3.00. The average Bonchev–Trinajstić information content (AvgIpc) is 2.47. The number of pyridine rings is 1. The van der Waals surface area contributed by atoms with Gasteiger partial charge >= 0.3 is 6.09 Å². The summed E-state index contributed by atoms with van der Waals surface area (Å²) in [5.74, 6) is 1.33. The molecule has 1 aliphatic rings. The first-order valence-corrected chi connectivity index (χ1v) is 7.96. The standard InChI is InChI=1S/C17H27N3O2/c1-17(2,3)20(16(21)22-4)15-7-5-6-14(19-15)12-13-8-10-18-11-9-13/h5-7,13,18H,8-12H2,1-4H3. The quantitative estimate of drug-likeness (QED) is 0.932. The molecule has 1 aromatic heterocycles. The highest BCUT2D eigenvalue weighted by Crippen LogP contribution is 2.24. The van der Waals surface area contributed by atoms with Crippen LogP contribution >= 0.6 is 0 Å². The molecule has 2 heterocycles. The third-order valence-electron chi connectivity index (χ3n) is 4.01. The number of hydrogen-bond donors (Lipinski definition) is 1. The van der Waals surface area contributed by atoms with Crippen molar-refractivity contribution in [2.24, 2.45) is 5.92 Å². The van der Waals surface area contributed by atoms with Gasteiger partial charge in [-0.2, -0.15) is 0 Å². The number of carbonyl (C=O) groups excluding carboxylic acids is 1. The van der Waals surface area contributed by atoms with E-state index in [1.165, 1.54) is 20.0 Å². The first kappa shape index (κ1) is 16.7. The van der Waals surface area contributed by atoms with Crippen molar-refractivity contribution in [3.63, 3.8) is 0 Å². The number of amides is 1. The highest BCUT2D eigenvalue weighted by atomic mass is 16.5. The van der Waals surface area contributed by atoms with Gasteiger partial charge in [0.05, 0.1) is 7.11 Å². The minimum Gasteiger partial charge on any atom is -0.452 e. The van der Waals surface area contributed by atoms with Crippen LogP contribution in [0.25, 0.3) is 0 Å². The van der Waals surface area contributed by atoms with Crippen molar-refractivity contribution in [2.45, 2.75) is 45.6 Å². The maximum absolute atomic E-state index is 12.1. The van der Waals surface area contributed by atoms with Gasteiger partial charge in [-0.05, 0) is 71.2 Å². The van der Waals surface area contributed by atoms with Crippen LogP contribution in [0.3, 0.4) is 0 Å². The molecule has 1 amide bonds. The van der Waals surface area contributed by atoms with E-state index in [1.807, 2.05) is 39.0 Å². The summed E-state index contributed by atoms with van der Waals surface area (Å²) in [6.07, 6.45) is 2.96. The van der Waals surface area contributed by atoms with Crippen LogP contribution in [0.5, 0.6) is 0 Å². The Labute approximate surface area is 133 Å². The van der Waals surface area contributed by atoms with E-state index in [0.29, 0.717) is 11.7 Å². The van der Waals surface area contributed by atoms with Crippen molar-refractivity contribution in [2.75, 3.05) is 25.1 Å². The predicted molar refractivity (Wildman–Crippen MR) is 88.2 cm³/mol. The van der Waals surface area contributed by atoms with E-state index in [0.717, 1.165) is 25.2 Å². The van der Waals surface area contributed by atoms with Crippen LogP contribution in [-0.2, 0) is 11.2 Å². The van der Waals surface area contributed by atoms with Gasteiger partial charge in [-0.25, -0.2) is 9.78 Å². The Morgan fingerprint density at radius 2 is 2.05 bits per heavy atom. The van der Waals surface area contributed by atoms with E-state index >= 15 is 0 Å². The molecular formula is C17H27N3O2. The Bertz CT molecular complexity index is 505. The summed E-state index contributed by atoms with van der Waals surface area (Å²) >= 11 is 0. The van der Waals surface area contributed by atoms with Gasteiger partial charge in [0.15, 0.2) is 0 Å². The summed E-state index contributed by atoms with van der Waals surface area (Å²) < 4.78 is 4.92. The van der Waals surface area contributed by atoms with Gasteiger partial charge in [-0.3, -0.25) is 4.90 Å². The van der Waals surface area contributed by atoms with Crippen molar-refractivity contribution in [1.82, 2.24) is 10.3 Å². The van der Waals surface area contributed by atoms with Crippen LogP contribution in [0.1, 0.15) is 39.3 Å². The number of nitrogens with one attached hydrogen (secondary N) is 1. The highest BCUT2D eigenvalue weighted by Gasteiger charge is 2.30. The number of methoxy groups -OCH3 is 1. The zero-order valence-electron chi connectivity index (χ0n) is 14.1. The van der Waals surface area contributed by atoms with Crippen molar-refractivity contribution >= 4 is 11.9 Å². The lowest BCUT2D eigenvalue weighted by Gasteiger charge is -2.33. The van der Waals surface area contributed by atoms with E-state index in [4.69, 9.17) is 9.72 Å². The minimum atomic E-state index is -0.381. The van der Waals surface area contributed by atoms with E-state index in [1.54, 1.807) is 4.90 Å². The van der Waals surface area contributed by atoms with Crippen molar-refractivity contribution in [1.29, 1.82) is 0 Å². The third kappa shape index (κ3) is 4.19. The molecule has 0 saturated carbocycles. The molecule has 0 atom stereocenters. The molecule has 0 aromatic carbocycles. The van der Waals surface area contributed by atoms with Crippen LogP contribution in [0, 0.1) is 5.92 Å². The SMILES string of the molecule is COC(=O)N(c1cccc(CC2CCNCC2)n1)C(C)(C)C. The minimum absolute atomic E-state index is 0.376.